The molecule has 0 aliphatic heterocycles. The molecule has 0 saturated carbocycles. The van der Waals surface area contributed by atoms with E-state index < -0.39 is 0 Å². The van der Waals surface area contributed by atoms with Gasteiger partial charge in [-0.15, -0.1) is 0 Å². The van der Waals surface area contributed by atoms with Gasteiger partial charge in [0.05, 0.1) is 6.20 Å². The van der Waals surface area contributed by atoms with Crippen molar-refractivity contribution in [1.82, 2.24) is 14.9 Å². The summed E-state index contributed by atoms with van der Waals surface area (Å²) in [5.41, 5.74) is 5.43. The SMILES string of the molecule is CN(C)CCNc1nc(N)ncc1Cl. The van der Waals surface area contributed by atoms with E-state index in [1.807, 2.05) is 14.1 Å². The Kier molecular flexibility index (Phi) is 3.91. The highest BCUT2D eigenvalue weighted by Crippen LogP contribution is 2.17. The van der Waals surface area contributed by atoms with Crippen molar-refractivity contribution in [3.05, 3.63) is 11.2 Å². The molecule has 78 valence electrons. The van der Waals surface area contributed by atoms with Gasteiger partial charge in [0.15, 0.2) is 5.82 Å². The number of nitrogens with one attached hydrogen (secondary N) is 1. The fourth-order valence-electron chi connectivity index (χ4n) is 0.903. The second-order valence-electron chi connectivity index (χ2n) is 3.15. The van der Waals surface area contributed by atoms with E-state index in [4.69, 9.17) is 17.3 Å². The monoisotopic (exact) mass is 215 g/mol. The summed E-state index contributed by atoms with van der Waals surface area (Å²) in [6.07, 6.45) is 1.49. The van der Waals surface area contributed by atoms with Gasteiger partial charge in [-0.25, -0.2) is 4.98 Å². The van der Waals surface area contributed by atoms with Gasteiger partial charge in [0, 0.05) is 13.1 Å². The van der Waals surface area contributed by atoms with Crippen LogP contribution in [0.25, 0.3) is 0 Å². The van der Waals surface area contributed by atoms with E-state index in [0.717, 1.165) is 13.1 Å². The van der Waals surface area contributed by atoms with Crippen LogP contribution in [-0.4, -0.2) is 42.1 Å². The van der Waals surface area contributed by atoms with Gasteiger partial charge < -0.3 is 16.0 Å². The topological polar surface area (TPSA) is 67.1 Å². The Labute approximate surface area is 88.3 Å². The Balaban J connectivity index is 2.53. The number of nitrogen functional groups attached to an aromatic ring is 1. The Morgan fingerprint density at radius 3 is 2.93 bits per heavy atom. The van der Waals surface area contributed by atoms with Crippen LogP contribution >= 0.6 is 11.6 Å². The number of hydrogen-bond acceptors (Lipinski definition) is 5. The van der Waals surface area contributed by atoms with E-state index in [9.17, 15) is 0 Å². The second-order valence-corrected chi connectivity index (χ2v) is 3.56. The number of hydrogen-bond donors (Lipinski definition) is 2. The number of nitrogens with zero attached hydrogens (tertiary/aromatic N) is 3. The number of nitrogens with two attached hydrogens (primary N) is 1. The largest absolute Gasteiger partial charge is 0.368 e. The predicted octanol–water partition coefficient (Wildman–Crippen LogP) is 0.686. The van der Waals surface area contributed by atoms with Crippen molar-refractivity contribution in [2.45, 2.75) is 0 Å². The van der Waals surface area contributed by atoms with Crippen molar-refractivity contribution in [2.75, 3.05) is 38.2 Å². The van der Waals surface area contributed by atoms with Crippen LogP contribution in [0.2, 0.25) is 5.02 Å². The van der Waals surface area contributed by atoms with E-state index >= 15 is 0 Å². The minimum absolute atomic E-state index is 0.224. The predicted molar refractivity (Wildman–Crippen MR) is 58.5 cm³/mol. The van der Waals surface area contributed by atoms with E-state index in [-0.39, 0.29) is 5.95 Å². The molecule has 0 fully saturated rings. The molecule has 1 aromatic heterocycles. The smallest absolute Gasteiger partial charge is 0.222 e. The molecule has 0 aromatic carbocycles. The highest BCUT2D eigenvalue weighted by molar-refractivity contribution is 6.32. The quantitative estimate of drug-likeness (QED) is 0.774. The van der Waals surface area contributed by atoms with Crippen LogP contribution in [0.3, 0.4) is 0 Å². The molecule has 0 radical (unpaired) electrons. The molecule has 0 atom stereocenters. The van der Waals surface area contributed by atoms with Crippen LogP contribution in [0.4, 0.5) is 11.8 Å². The number of rotatable bonds is 4. The minimum atomic E-state index is 0.224. The first-order valence-electron chi connectivity index (χ1n) is 4.26. The lowest BCUT2D eigenvalue weighted by Gasteiger charge is -2.11. The van der Waals surface area contributed by atoms with Gasteiger partial charge in [0.25, 0.3) is 0 Å². The Hall–Kier alpha value is -1.07. The highest BCUT2D eigenvalue weighted by Gasteiger charge is 2.02. The molecule has 0 unspecified atom stereocenters. The van der Waals surface area contributed by atoms with Crippen LogP contribution in [0.15, 0.2) is 6.20 Å². The molecule has 0 amide bonds. The molecule has 3 N–H and O–H groups in total. The maximum Gasteiger partial charge on any atom is 0.222 e. The van der Waals surface area contributed by atoms with Gasteiger partial charge in [0.1, 0.15) is 5.02 Å². The normalized spacial score (nSPS) is 10.6. The maximum atomic E-state index is 5.85. The number of anilines is 2. The molecule has 0 spiro atoms. The number of aromatic nitrogens is 2. The van der Waals surface area contributed by atoms with Crippen molar-refractivity contribution in [1.29, 1.82) is 0 Å². The van der Waals surface area contributed by atoms with Crippen LogP contribution < -0.4 is 11.1 Å². The molecule has 1 aromatic rings. The first-order chi connectivity index (χ1) is 6.59. The van der Waals surface area contributed by atoms with Crippen LogP contribution in [-0.2, 0) is 0 Å². The summed E-state index contributed by atoms with van der Waals surface area (Å²) < 4.78 is 0. The zero-order valence-electron chi connectivity index (χ0n) is 8.29. The molecule has 5 nitrogen and oxygen atoms in total. The summed E-state index contributed by atoms with van der Waals surface area (Å²) in [5.74, 6) is 0.808. The molecule has 6 heteroatoms. The molecule has 1 rings (SSSR count). The highest BCUT2D eigenvalue weighted by atomic mass is 35.5. The van der Waals surface area contributed by atoms with Gasteiger partial charge in [0.2, 0.25) is 5.95 Å². The standard InChI is InChI=1S/C8H14ClN5/c1-14(2)4-3-11-7-6(9)5-12-8(10)13-7/h5H,3-4H2,1-2H3,(H3,10,11,12,13). The van der Waals surface area contributed by atoms with Crippen molar-refractivity contribution in [3.63, 3.8) is 0 Å². The minimum Gasteiger partial charge on any atom is -0.368 e. The average Bonchev–Trinajstić information content (AvgIpc) is 2.10. The fraction of sp³-hybridized carbons (Fsp3) is 0.500. The third-order valence-corrected chi connectivity index (χ3v) is 1.89. The van der Waals surface area contributed by atoms with Gasteiger partial charge in [-0.1, -0.05) is 11.6 Å². The molecule has 0 aliphatic rings. The van der Waals surface area contributed by atoms with Crippen molar-refractivity contribution >= 4 is 23.4 Å². The van der Waals surface area contributed by atoms with Gasteiger partial charge in [-0.3, -0.25) is 0 Å². The lowest BCUT2D eigenvalue weighted by atomic mass is 10.5. The maximum absolute atomic E-state index is 5.85. The first kappa shape index (κ1) is 11.0. The molecule has 0 bridgehead atoms. The van der Waals surface area contributed by atoms with E-state index in [0.29, 0.717) is 10.8 Å². The van der Waals surface area contributed by atoms with Crippen LogP contribution in [0.5, 0.6) is 0 Å². The Morgan fingerprint density at radius 1 is 1.57 bits per heavy atom. The van der Waals surface area contributed by atoms with E-state index in [1.165, 1.54) is 6.20 Å². The number of likely N-dealkylation sites (N-methyl/N-ethyl adjacent to an activating group) is 1. The molecule has 14 heavy (non-hydrogen) atoms. The van der Waals surface area contributed by atoms with Crippen molar-refractivity contribution < 1.29 is 0 Å². The molecular formula is C8H14ClN5. The second kappa shape index (κ2) is 4.97. The number of halogens is 1. The fourth-order valence-corrected chi connectivity index (χ4v) is 1.06. The summed E-state index contributed by atoms with van der Waals surface area (Å²) in [4.78, 5) is 9.80. The van der Waals surface area contributed by atoms with Crippen LogP contribution in [0, 0.1) is 0 Å². The zero-order chi connectivity index (χ0) is 10.6. The Bertz CT molecular complexity index is 302. The molecule has 0 aliphatic carbocycles. The van der Waals surface area contributed by atoms with Crippen molar-refractivity contribution in [3.8, 4) is 0 Å². The third-order valence-electron chi connectivity index (χ3n) is 1.61. The summed E-state index contributed by atoms with van der Waals surface area (Å²) in [5, 5.41) is 3.56. The lowest BCUT2D eigenvalue weighted by Crippen LogP contribution is -2.21. The molecular weight excluding hydrogens is 202 g/mol. The Morgan fingerprint density at radius 2 is 2.29 bits per heavy atom. The first-order valence-corrected chi connectivity index (χ1v) is 4.64. The van der Waals surface area contributed by atoms with Crippen LogP contribution in [0.1, 0.15) is 0 Å². The van der Waals surface area contributed by atoms with Crippen molar-refractivity contribution in [2.24, 2.45) is 0 Å². The van der Waals surface area contributed by atoms with E-state index in [2.05, 4.69) is 20.2 Å². The van der Waals surface area contributed by atoms with E-state index in [1.54, 1.807) is 0 Å². The van der Waals surface area contributed by atoms with Gasteiger partial charge in [-0.05, 0) is 14.1 Å². The summed E-state index contributed by atoms with van der Waals surface area (Å²) in [7, 11) is 4.00. The third kappa shape index (κ3) is 3.35. The van der Waals surface area contributed by atoms with Gasteiger partial charge >= 0.3 is 0 Å². The summed E-state index contributed by atoms with van der Waals surface area (Å²) >= 11 is 5.85. The lowest BCUT2D eigenvalue weighted by molar-refractivity contribution is 0.425. The molecule has 0 saturated heterocycles. The molecule has 1 heterocycles. The van der Waals surface area contributed by atoms with Gasteiger partial charge in [-0.2, -0.15) is 4.98 Å². The summed E-state index contributed by atoms with van der Waals surface area (Å²) in [6.45, 7) is 1.67. The zero-order valence-corrected chi connectivity index (χ0v) is 9.04. The summed E-state index contributed by atoms with van der Waals surface area (Å²) in [6, 6.07) is 0. The average molecular weight is 216 g/mol.